The van der Waals surface area contributed by atoms with Crippen LogP contribution in [-0.4, -0.2) is 20.1 Å². The summed E-state index contributed by atoms with van der Waals surface area (Å²) in [4.78, 5) is 0. The maximum Gasteiger partial charge on any atom is 0.0372 e. The lowest BCUT2D eigenvalue weighted by atomic mass is 9.68. The van der Waals surface area contributed by atoms with Gasteiger partial charge in [-0.2, -0.15) is 0 Å². The molecule has 0 unspecified atom stereocenters. The van der Waals surface area contributed by atoms with E-state index in [0.29, 0.717) is 5.41 Å². The van der Waals surface area contributed by atoms with Gasteiger partial charge in [0, 0.05) is 24.2 Å². The minimum Gasteiger partial charge on any atom is -0.384 e. The van der Waals surface area contributed by atoms with E-state index in [-0.39, 0.29) is 0 Å². The van der Waals surface area contributed by atoms with Crippen LogP contribution in [0, 0.1) is 5.41 Å². The summed E-state index contributed by atoms with van der Waals surface area (Å²) in [5, 5.41) is 6.99. The van der Waals surface area contributed by atoms with Crippen molar-refractivity contribution in [3.05, 3.63) is 29.8 Å². The first-order valence-electron chi connectivity index (χ1n) is 6.76. The third-order valence-electron chi connectivity index (χ3n) is 4.02. The smallest absolute Gasteiger partial charge is 0.0372 e. The largest absolute Gasteiger partial charge is 0.384 e. The van der Waals surface area contributed by atoms with Crippen LogP contribution in [0.15, 0.2) is 24.3 Å². The number of anilines is 1. The van der Waals surface area contributed by atoms with Gasteiger partial charge in [0.05, 0.1) is 0 Å². The quantitative estimate of drug-likeness (QED) is 0.787. The molecule has 0 heterocycles. The number of rotatable bonds is 6. The van der Waals surface area contributed by atoms with Crippen molar-refractivity contribution in [2.24, 2.45) is 5.41 Å². The highest BCUT2D eigenvalue weighted by Gasteiger charge is 2.35. The molecule has 0 radical (unpaired) electrons. The summed E-state index contributed by atoms with van der Waals surface area (Å²) in [6.45, 7) is 4.45. The fourth-order valence-electron chi connectivity index (χ4n) is 2.75. The summed E-state index contributed by atoms with van der Waals surface area (Å²) >= 11 is 0. The molecular weight excluding hydrogens is 208 g/mol. The Bertz CT molecular complexity index is 356. The molecule has 2 nitrogen and oxygen atoms in total. The van der Waals surface area contributed by atoms with Crippen LogP contribution in [0.1, 0.15) is 31.7 Å². The molecule has 2 heteroatoms. The molecule has 2 rings (SSSR count). The van der Waals surface area contributed by atoms with E-state index < -0.39 is 0 Å². The first kappa shape index (κ1) is 12.4. The molecule has 1 fully saturated rings. The van der Waals surface area contributed by atoms with Gasteiger partial charge < -0.3 is 10.6 Å². The average Bonchev–Trinajstić information content (AvgIpc) is 2.33. The molecule has 1 aliphatic carbocycles. The second kappa shape index (κ2) is 5.54. The number of nitrogens with one attached hydrogen (secondary N) is 2. The Morgan fingerprint density at radius 3 is 2.53 bits per heavy atom. The van der Waals surface area contributed by atoms with Crippen molar-refractivity contribution in [3.8, 4) is 0 Å². The van der Waals surface area contributed by atoms with Crippen LogP contribution in [-0.2, 0) is 6.42 Å². The Hall–Kier alpha value is -1.02. The van der Waals surface area contributed by atoms with Gasteiger partial charge in [0.1, 0.15) is 0 Å². The zero-order chi connectivity index (χ0) is 12.1. The normalized spacial score (nSPS) is 17.5. The fraction of sp³-hybridized carbons (Fsp3) is 0.600. The van der Waals surface area contributed by atoms with Crippen molar-refractivity contribution in [2.75, 3.05) is 25.5 Å². The van der Waals surface area contributed by atoms with E-state index in [9.17, 15) is 0 Å². The number of hydrogen-bond acceptors (Lipinski definition) is 2. The van der Waals surface area contributed by atoms with E-state index in [1.165, 1.54) is 30.5 Å². The van der Waals surface area contributed by atoms with Gasteiger partial charge in [0.2, 0.25) is 0 Å². The molecule has 0 aromatic heterocycles. The third-order valence-corrected chi connectivity index (χ3v) is 4.02. The SMILES string of the molecule is CCc1ccccc1NCC1(CNC)CCC1. The molecule has 2 N–H and O–H groups in total. The molecule has 17 heavy (non-hydrogen) atoms. The number of benzene rings is 1. The highest BCUT2D eigenvalue weighted by molar-refractivity contribution is 5.51. The van der Waals surface area contributed by atoms with Crippen LogP contribution in [0.3, 0.4) is 0 Å². The van der Waals surface area contributed by atoms with Gasteiger partial charge in [-0.3, -0.25) is 0 Å². The van der Waals surface area contributed by atoms with Gasteiger partial charge in [-0.05, 0) is 37.9 Å². The molecule has 0 aliphatic heterocycles. The number of aryl methyl sites for hydroxylation is 1. The maximum absolute atomic E-state index is 3.65. The van der Waals surface area contributed by atoms with Crippen LogP contribution in [0.2, 0.25) is 0 Å². The van der Waals surface area contributed by atoms with E-state index in [2.05, 4.69) is 48.9 Å². The van der Waals surface area contributed by atoms with Crippen LogP contribution in [0.25, 0.3) is 0 Å². The molecule has 0 amide bonds. The van der Waals surface area contributed by atoms with Gasteiger partial charge >= 0.3 is 0 Å². The zero-order valence-electron chi connectivity index (χ0n) is 11.1. The minimum atomic E-state index is 0.496. The van der Waals surface area contributed by atoms with Crippen molar-refractivity contribution in [2.45, 2.75) is 32.6 Å². The predicted octanol–water partition coefficient (Wildman–Crippen LogP) is 3.05. The molecule has 1 aromatic rings. The average molecular weight is 232 g/mol. The Balaban J connectivity index is 1.96. The predicted molar refractivity (Wildman–Crippen MR) is 74.5 cm³/mol. The van der Waals surface area contributed by atoms with E-state index in [1.807, 2.05) is 0 Å². The lowest BCUT2D eigenvalue weighted by Gasteiger charge is -2.42. The monoisotopic (exact) mass is 232 g/mol. The molecule has 1 aromatic carbocycles. The van der Waals surface area contributed by atoms with Gasteiger partial charge in [-0.1, -0.05) is 31.5 Å². The van der Waals surface area contributed by atoms with Crippen molar-refractivity contribution in [1.29, 1.82) is 0 Å². The Morgan fingerprint density at radius 2 is 1.94 bits per heavy atom. The number of hydrogen-bond donors (Lipinski definition) is 2. The standard InChI is InChI=1S/C15H24N2/c1-3-13-7-4-5-8-14(13)17-12-15(11-16-2)9-6-10-15/h4-5,7-8,16-17H,3,6,9-12H2,1-2H3. The summed E-state index contributed by atoms with van der Waals surface area (Å²) in [6.07, 6.45) is 5.20. The molecule has 94 valence electrons. The first-order valence-corrected chi connectivity index (χ1v) is 6.76. The summed E-state index contributed by atoms with van der Waals surface area (Å²) in [5.74, 6) is 0. The molecule has 0 saturated heterocycles. The van der Waals surface area contributed by atoms with Crippen molar-refractivity contribution in [1.82, 2.24) is 5.32 Å². The van der Waals surface area contributed by atoms with Gasteiger partial charge in [0.15, 0.2) is 0 Å². The topological polar surface area (TPSA) is 24.1 Å². The highest BCUT2D eigenvalue weighted by Crippen LogP contribution is 2.40. The van der Waals surface area contributed by atoms with Crippen molar-refractivity contribution >= 4 is 5.69 Å². The molecule has 1 saturated carbocycles. The number of para-hydroxylation sites is 1. The van der Waals surface area contributed by atoms with Gasteiger partial charge in [-0.15, -0.1) is 0 Å². The molecule has 0 atom stereocenters. The van der Waals surface area contributed by atoms with Crippen LogP contribution < -0.4 is 10.6 Å². The molecular formula is C15H24N2. The Kier molecular flexibility index (Phi) is 4.06. The summed E-state index contributed by atoms with van der Waals surface area (Å²) in [6, 6.07) is 8.65. The van der Waals surface area contributed by atoms with E-state index in [1.54, 1.807) is 0 Å². The summed E-state index contributed by atoms with van der Waals surface area (Å²) in [5.41, 5.74) is 3.24. The Labute approximate surface area is 105 Å². The lowest BCUT2D eigenvalue weighted by molar-refractivity contribution is 0.151. The molecule has 1 aliphatic rings. The lowest BCUT2D eigenvalue weighted by Crippen LogP contribution is -2.44. The fourth-order valence-corrected chi connectivity index (χ4v) is 2.75. The van der Waals surface area contributed by atoms with Crippen LogP contribution in [0.5, 0.6) is 0 Å². The van der Waals surface area contributed by atoms with E-state index in [0.717, 1.165) is 19.5 Å². The van der Waals surface area contributed by atoms with E-state index in [4.69, 9.17) is 0 Å². The van der Waals surface area contributed by atoms with E-state index >= 15 is 0 Å². The molecule has 0 bridgehead atoms. The van der Waals surface area contributed by atoms with Gasteiger partial charge in [0.25, 0.3) is 0 Å². The first-order chi connectivity index (χ1) is 8.29. The van der Waals surface area contributed by atoms with Crippen LogP contribution >= 0.6 is 0 Å². The van der Waals surface area contributed by atoms with Crippen molar-refractivity contribution < 1.29 is 0 Å². The summed E-state index contributed by atoms with van der Waals surface area (Å²) < 4.78 is 0. The maximum atomic E-state index is 3.65. The zero-order valence-corrected chi connectivity index (χ0v) is 11.1. The molecule has 0 spiro atoms. The third kappa shape index (κ3) is 2.81. The second-order valence-corrected chi connectivity index (χ2v) is 5.25. The minimum absolute atomic E-state index is 0.496. The highest BCUT2D eigenvalue weighted by atomic mass is 14.9. The van der Waals surface area contributed by atoms with Gasteiger partial charge in [-0.25, -0.2) is 0 Å². The Morgan fingerprint density at radius 1 is 1.18 bits per heavy atom. The van der Waals surface area contributed by atoms with Crippen LogP contribution in [0.4, 0.5) is 5.69 Å². The van der Waals surface area contributed by atoms with Crippen molar-refractivity contribution in [3.63, 3.8) is 0 Å². The summed E-state index contributed by atoms with van der Waals surface area (Å²) in [7, 11) is 2.06. The second-order valence-electron chi connectivity index (χ2n) is 5.25.